The molecule has 0 amide bonds. The number of hydrogen-bond acceptors (Lipinski definition) is 6. The molecular weight excluding hydrogens is 390 g/mol. The number of benzene rings is 2. The minimum absolute atomic E-state index is 0.00287. The van der Waals surface area contributed by atoms with E-state index in [0.29, 0.717) is 27.5 Å². The Balaban J connectivity index is 1.89. The van der Waals surface area contributed by atoms with Crippen LogP contribution in [-0.2, 0) is 0 Å². The van der Waals surface area contributed by atoms with Gasteiger partial charge in [-0.1, -0.05) is 48.0 Å². The van der Waals surface area contributed by atoms with Crippen LogP contribution in [-0.4, -0.2) is 20.1 Å². The topological polar surface area (TPSA) is 106 Å². The Hall–Kier alpha value is -3.89. The summed E-state index contributed by atoms with van der Waals surface area (Å²) in [4.78, 5) is 15.4. The quantitative estimate of drug-likeness (QED) is 0.355. The van der Waals surface area contributed by atoms with Crippen molar-refractivity contribution in [3.8, 4) is 17.2 Å². The number of non-ortho nitro benzene ring substituents is 1. The molecule has 8 heteroatoms. The smallest absolute Gasteiger partial charge is 0.258 e. The van der Waals surface area contributed by atoms with Gasteiger partial charge in [0.15, 0.2) is 0 Å². The van der Waals surface area contributed by atoms with Crippen molar-refractivity contribution in [3.05, 3.63) is 93.4 Å². The molecule has 0 aliphatic carbocycles. The molecule has 2 aromatic heterocycles. The second kappa shape index (κ2) is 7.62. The molecule has 0 radical (unpaired) electrons. The van der Waals surface area contributed by atoms with E-state index in [4.69, 9.17) is 16.6 Å². The lowest BCUT2D eigenvalue weighted by Gasteiger charge is -2.12. The molecule has 140 valence electrons. The minimum Gasteiger partial charge on any atom is -0.258 e. The number of pyridine rings is 1. The number of rotatable bonds is 4. The Bertz CT molecular complexity index is 1290. The van der Waals surface area contributed by atoms with Crippen LogP contribution < -0.4 is 0 Å². The normalized spacial score (nSPS) is 11.7. The lowest BCUT2D eigenvalue weighted by molar-refractivity contribution is -0.384. The number of halogens is 1. The van der Waals surface area contributed by atoms with Gasteiger partial charge in [-0.15, -0.1) is 0 Å². The summed E-state index contributed by atoms with van der Waals surface area (Å²) in [5.41, 5.74) is 2.83. The van der Waals surface area contributed by atoms with Gasteiger partial charge in [0.1, 0.15) is 11.6 Å². The number of aromatic nitrogens is 3. The monoisotopic (exact) mass is 401 g/mol. The van der Waals surface area contributed by atoms with Gasteiger partial charge < -0.3 is 0 Å². The number of para-hydroxylation sites is 1. The molecule has 0 spiro atoms. The van der Waals surface area contributed by atoms with Gasteiger partial charge in [-0.2, -0.15) is 15.5 Å². The fraction of sp³-hybridized carbons (Fsp3) is 0.0476. The lowest BCUT2D eigenvalue weighted by atomic mass is 9.98. The highest BCUT2D eigenvalue weighted by Gasteiger charge is 2.21. The molecule has 0 bridgehead atoms. The molecule has 0 saturated carbocycles. The third kappa shape index (κ3) is 3.49. The third-order valence-electron chi connectivity index (χ3n) is 4.51. The molecule has 4 aromatic rings. The van der Waals surface area contributed by atoms with Crippen LogP contribution in [0.4, 0.5) is 5.69 Å². The standard InChI is InChI=1S/C21H12ClN5O2/c22-18-9-10-24-26-21(18)17(12-23)19-8-7-13-3-2-6-16(20(13)25-19)14-4-1-5-15(11-14)27(28)29/h1-11,17H. The molecule has 1 unspecified atom stereocenters. The first kappa shape index (κ1) is 18.5. The SMILES string of the molecule is N#CC(c1ccc2cccc(-c3cccc([N+](=O)[O-])c3)c2n1)c1nnccc1Cl. The van der Waals surface area contributed by atoms with Crippen LogP contribution in [0.2, 0.25) is 5.02 Å². The van der Waals surface area contributed by atoms with Crippen molar-refractivity contribution >= 4 is 28.2 Å². The zero-order valence-corrected chi connectivity index (χ0v) is 15.6. The van der Waals surface area contributed by atoms with Gasteiger partial charge in [-0.3, -0.25) is 15.1 Å². The maximum atomic E-state index is 11.1. The average Bonchev–Trinajstić information content (AvgIpc) is 2.75. The van der Waals surface area contributed by atoms with Crippen LogP contribution >= 0.6 is 11.6 Å². The predicted molar refractivity (Wildman–Crippen MR) is 108 cm³/mol. The Kier molecular flexibility index (Phi) is 4.85. The number of nitriles is 1. The van der Waals surface area contributed by atoms with E-state index in [1.54, 1.807) is 24.3 Å². The summed E-state index contributed by atoms with van der Waals surface area (Å²) in [6.07, 6.45) is 1.45. The molecule has 1 atom stereocenters. The van der Waals surface area contributed by atoms with E-state index in [9.17, 15) is 15.4 Å². The number of nitrogens with zero attached hydrogens (tertiary/aromatic N) is 5. The Morgan fingerprint density at radius 2 is 1.93 bits per heavy atom. The van der Waals surface area contributed by atoms with E-state index in [2.05, 4.69) is 16.3 Å². The van der Waals surface area contributed by atoms with Crippen molar-refractivity contribution < 1.29 is 4.92 Å². The summed E-state index contributed by atoms with van der Waals surface area (Å²) in [6.45, 7) is 0. The number of fused-ring (bicyclic) bond motifs is 1. The fourth-order valence-electron chi connectivity index (χ4n) is 3.13. The van der Waals surface area contributed by atoms with Crippen molar-refractivity contribution in [1.82, 2.24) is 15.2 Å². The second-order valence-corrected chi connectivity index (χ2v) is 6.65. The molecule has 0 aliphatic heterocycles. The average molecular weight is 402 g/mol. The number of nitro groups is 1. The highest BCUT2D eigenvalue weighted by Crippen LogP contribution is 2.32. The van der Waals surface area contributed by atoms with Crippen LogP contribution in [0.15, 0.2) is 66.9 Å². The predicted octanol–water partition coefficient (Wildman–Crippen LogP) is 4.91. The van der Waals surface area contributed by atoms with Gasteiger partial charge in [-0.05, 0) is 17.7 Å². The van der Waals surface area contributed by atoms with Crippen molar-refractivity contribution in [2.45, 2.75) is 5.92 Å². The fourth-order valence-corrected chi connectivity index (χ4v) is 3.34. The Morgan fingerprint density at radius 1 is 1.10 bits per heavy atom. The molecular formula is C21H12ClN5O2. The van der Waals surface area contributed by atoms with Crippen LogP contribution in [0.1, 0.15) is 17.3 Å². The zero-order chi connectivity index (χ0) is 20.4. The first-order valence-electron chi connectivity index (χ1n) is 8.59. The van der Waals surface area contributed by atoms with Gasteiger partial charge in [0.2, 0.25) is 0 Å². The van der Waals surface area contributed by atoms with E-state index >= 15 is 0 Å². The summed E-state index contributed by atoms with van der Waals surface area (Å²) in [7, 11) is 0. The lowest BCUT2D eigenvalue weighted by Crippen LogP contribution is -2.05. The van der Waals surface area contributed by atoms with Gasteiger partial charge in [-0.25, -0.2) is 0 Å². The summed E-state index contributed by atoms with van der Waals surface area (Å²) >= 11 is 6.19. The molecule has 2 aromatic carbocycles. The van der Waals surface area contributed by atoms with Gasteiger partial charge >= 0.3 is 0 Å². The minimum atomic E-state index is -0.793. The highest BCUT2D eigenvalue weighted by molar-refractivity contribution is 6.31. The van der Waals surface area contributed by atoms with E-state index in [1.807, 2.05) is 24.3 Å². The van der Waals surface area contributed by atoms with E-state index in [-0.39, 0.29) is 5.69 Å². The van der Waals surface area contributed by atoms with Gasteiger partial charge in [0.05, 0.1) is 33.4 Å². The van der Waals surface area contributed by atoms with Crippen molar-refractivity contribution in [1.29, 1.82) is 5.26 Å². The number of nitro benzene ring substituents is 1. The Labute approximate surface area is 170 Å². The zero-order valence-electron chi connectivity index (χ0n) is 14.9. The molecule has 2 heterocycles. The van der Waals surface area contributed by atoms with Gasteiger partial charge in [0.25, 0.3) is 5.69 Å². The van der Waals surface area contributed by atoms with Crippen LogP contribution in [0.5, 0.6) is 0 Å². The summed E-state index contributed by atoms with van der Waals surface area (Å²) < 4.78 is 0. The molecule has 0 aliphatic rings. The molecule has 29 heavy (non-hydrogen) atoms. The molecule has 0 fully saturated rings. The molecule has 7 nitrogen and oxygen atoms in total. The van der Waals surface area contributed by atoms with Crippen LogP contribution in [0, 0.1) is 21.4 Å². The third-order valence-corrected chi connectivity index (χ3v) is 4.83. The van der Waals surface area contributed by atoms with E-state index in [1.165, 1.54) is 18.3 Å². The summed E-state index contributed by atoms with van der Waals surface area (Å²) in [5.74, 6) is -0.793. The summed E-state index contributed by atoms with van der Waals surface area (Å²) in [5, 5.41) is 29.9. The van der Waals surface area contributed by atoms with Gasteiger partial charge in [0, 0.05) is 23.1 Å². The second-order valence-electron chi connectivity index (χ2n) is 6.25. The maximum absolute atomic E-state index is 11.1. The maximum Gasteiger partial charge on any atom is 0.270 e. The molecule has 0 saturated heterocycles. The van der Waals surface area contributed by atoms with Crippen LogP contribution in [0.25, 0.3) is 22.0 Å². The van der Waals surface area contributed by atoms with E-state index < -0.39 is 10.8 Å². The largest absolute Gasteiger partial charge is 0.270 e. The first-order valence-corrected chi connectivity index (χ1v) is 8.97. The highest BCUT2D eigenvalue weighted by atomic mass is 35.5. The molecule has 4 rings (SSSR count). The molecule has 0 N–H and O–H groups in total. The summed E-state index contributed by atoms with van der Waals surface area (Å²) in [6, 6.07) is 19.3. The van der Waals surface area contributed by atoms with Crippen LogP contribution in [0.3, 0.4) is 0 Å². The Morgan fingerprint density at radius 3 is 2.69 bits per heavy atom. The van der Waals surface area contributed by atoms with Crippen molar-refractivity contribution in [3.63, 3.8) is 0 Å². The van der Waals surface area contributed by atoms with E-state index in [0.717, 1.165) is 10.9 Å². The first-order chi connectivity index (χ1) is 14.1. The number of hydrogen-bond donors (Lipinski definition) is 0. The van der Waals surface area contributed by atoms with Crippen molar-refractivity contribution in [2.24, 2.45) is 0 Å². The van der Waals surface area contributed by atoms with Crippen molar-refractivity contribution in [2.75, 3.05) is 0 Å².